The molecule has 3 aromatic rings. The van der Waals surface area contributed by atoms with Gasteiger partial charge in [0.1, 0.15) is 16.5 Å². The van der Waals surface area contributed by atoms with Gasteiger partial charge >= 0.3 is 5.97 Å². The number of thiazole rings is 1. The molecular weight excluding hydrogens is 410 g/mol. The maximum Gasteiger partial charge on any atom is 0.306 e. The molecule has 31 heavy (non-hydrogen) atoms. The molecule has 0 bridgehead atoms. The molecule has 0 aliphatic rings. The van der Waals surface area contributed by atoms with Crippen LogP contribution in [0, 0.1) is 11.3 Å². The van der Waals surface area contributed by atoms with E-state index in [1.807, 2.05) is 56.5 Å². The molecule has 3 rings (SSSR count). The summed E-state index contributed by atoms with van der Waals surface area (Å²) in [5.41, 5.74) is 1.96. The summed E-state index contributed by atoms with van der Waals surface area (Å²) in [4.78, 5) is 25.1. The number of nitriles is 1. The lowest BCUT2D eigenvalue weighted by Gasteiger charge is -2.19. The van der Waals surface area contributed by atoms with E-state index in [0.29, 0.717) is 36.0 Å². The molecular formula is C23H25N5O2S. The lowest BCUT2D eigenvalue weighted by atomic mass is 10.1. The number of hydrogen-bond donors (Lipinski definition) is 1. The minimum absolute atomic E-state index is 0.230. The highest BCUT2D eigenvalue weighted by atomic mass is 32.1. The molecule has 0 saturated carbocycles. The zero-order chi connectivity index (χ0) is 22.3. The Hall–Kier alpha value is -3.31. The van der Waals surface area contributed by atoms with Gasteiger partial charge < -0.3 is 10.1 Å². The number of rotatable bonds is 8. The Bertz CT molecular complexity index is 1050. The van der Waals surface area contributed by atoms with Crippen LogP contribution in [0.15, 0.2) is 48.0 Å². The first-order chi connectivity index (χ1) is 14.9. The number of carbonyl (C=O) groups is 1. The van der Waals surface area contributed by atoms with Crippen molar-refractivity contribution in [2.24, 2.45) is 0 Å². The summed E-state index contributed by atoms with van der Waals surface area (Å²) >= 11 is 1.44. The van der Waals surface area contributed by atoms with Crippen LogP contribution in [0.2, 0.25) is 0 Å². The van der Waals surface area contributed by atoms with Gasteiger partial charge in [-0.05, 0) is 33.3 Å². The van der Waals surface area contributed by atoms with Crippen molar-refractivity contribution in [3.63, 3.8) is 0 Å². The van der Waals surface area contributed by atoms with Crippen LogP contribution in [0.5, 0.6) is 0 Å². The van der Waals surface area contributed by atoms with Gasteiger partial charge in [-0.2, -0.15) is 5.26 Å². The zero-order valence-corrected chi connectivity index (χ0v) is 18.6. The molecule has 0 radical (unpaired) electrons. The summed E-state index contributed by atoms with van der Waals surface area (Å²) in [5, 5.41) is 15.5. The molecule has 1 atom stereocenters. The third-order valence-electron chi connectivity index (χ3n) is 4.20. The summed E-state index contributed by atoms with van der Waals surface area (Å²) in [6, 6.07) is 13.9. The lowest BCUT2D eigenvalue weighted by molar-refractivity contribution is -0.154. The second-order valence-corrected chi connectivity index (χ2v) is 8.81. The van der Waals surface area contributed by atoms with E-state index in [9.17, 15) is 10.1 Å². The molecule has 8 heteroatoms. The van der Waals surface area contributed by atoms with Gasteiger partial charge in [0.2, 0.25) is 5.95 Å². The quantitative estimate of drug-likeness (QED) is 0.401. The summed E-state index contributed by atoms with van der Waals surface area (Å²) in [5.74, 6) is -0.388. The van der Waals surface area contributed by atoms with Gasteiger partial charge in [-0.1, -0.05) is 30.3 Å². The van der Waals surface area contributed by atoms with Gasteiger partial charge in [-0.25, -0.2) is 15.0 Å². The number of ether oxygens (including phenoxy) is 1. The van der Waals surface area contributed by atoms with E-state index in [0.717, 1.165) is 11.3 Å². The standard InChI is InChI=1S/C23H25N5O2S/c1-23(2,3)30-20(29)10-7-12-25-22-26-13-11-18(28-22)17(14-24)21-27-19(15-31-21)16-8-5-4-6-9-16/h4-6,8-9,11,13,15,17H,7,10,12H2,1-3H3,(H,25,26,28). The first-order valence-electron chi connectivity index (χ1n) is 10.0. The Morgan fingerprint density at radius 1 is 1.23 bits per heavy atom. The van der Waals surface area contributed by atoms with Crippen molar-refractivity contribution >= 4 is 23.3 Å². The molecule has 160 valence electrons. The van der Waals surface area contributed by atoms with E-state index >= 15 is 0 Å². The van der Waals surface area contributed by atoms with Gasteiger partial charge in [0.05, 0.1) is 17.5 Å². The maximum atomic E-state index is 11.8. The van der Waals surface area contributed by atoms with Crippen molar-refractivity contribution in [2.75, 3.05) is 11.9 Å². The smallest absolute Gasteiger partial charge is 0.306 e. The SMILES string of the molecule is CC(C)(C)OC(=O)CCCNc1nccc(C(C#N)c2nc(-c3ccccc3)cs2)n1. The third-order valence-corrected chi connectivity index (χ3v) is 5.11. The molecule has 0 aliphatic carbocycles. The molecule has 0 aliphatic heterocycles. The topological polar surface area (TPSA) is 101 Å². The van der Waals surface area contributed by atoms with E-state index in [-0.39, 0.29) is 5.97 Å². The van der Waals surface area contributed by atoms with Crippen LogP contribution in [0.3, 0.4) is 0 Å². The molecule has 1 aromatic carbocycles. The maximum absolute atomic E-state index is 11.8. The molecule has 0 saturated heterocycles. The minimum Gasteiger partial charge on any atom is -0.460 e. The Morgan fingerprint density at radius 2 is 2.00 bits per heavy atom. The molecule has 0 spiro atoms. The van der Waals surface area contributed by atoms with E-state index in [1.54, 1.807) is 12.3 Å². The van der Waals surface area contributed by atoms with Gasteiger partial charge in [0, 0.05) is 30.1 Å². The molecule has 0 fully saturated rings. The molecule has 0 amide bonds. The first kappa shape index (κ1) is 22.4. The average Bonchev–Trinajstić information content (AvgIpc) is 3.21. The summed E-state index contributed by atoms with van der Waals surface area (Å²) in [7, 11) is 0. The molecule has 2 aromatic heterocycles. The molecule has 1 N–H and O–H groups in total. The second-order valence-electron chi connectivity index (χ2n) is 7.92. The number of benzene rings is 1. The van der Waals surface area contributed by atoms with Gasteiger partial charge in [-0.3, -0.25) is 4.79 Å². The van der Waals surface area contributed by atoms with Crippen molar-refractivity contribution in [3.8, 4) is 17.3 Å². The fraction of sp³-hybridized carbons (Fsp3) is 0.348. The Labute approximate surface area is 186 Å². The molecule has 7 nitrogen and oxygen atoms in total. The largest absolute Gasteiger partial charge is 0.460 e. The fourth-order valence-electron chi connectivity index (χ4n) is 2.85. The van der Waals surface area contributed by atoms with E-state index in [4.69, 9.17) is 4.74 Å². The Morgan fingerprint density at radius 3 is 2.71 bits per heavy atom. The number of hydrogen-bond acceptors (Lipinski definition) is 8. The monoisotopic (exact) mass is 435 g/mol. The summed E-state index contributed by atoms with van der Waals surface area (Å²) in [6.07, 6.45) is 2.53. The van der Waals surface area contributed by atoms with Crippen molar-refractivity contribution in [2.45, 2.75) is 45.1 Å². The highest BCUT2D eigenvalue weighted by molar-refractivity contribution is 7.10. The highest BCUT2D eigenvalue weighted by Crippen LogP contribution is 2.29. The van der Waals surface area contributed by atoms with Crippen LogP contribution in [-0.2, 0) is 9.53 Å². The van der Waals surface area contributed by atoms with Crippen molar-refractivity contribution in [1.82, 2.24) is 15.0 Å². The van der Waals surface area contributed by atoms with Crippen LogP contribution in [0.25, 0.3) is 11.3 Å². The summed E-state index contributed by atoms with van der Waals surface area (Å²) < 4.78 is 5.30. The number of esters is 1. The number of nitrogens with one attached hydrogen (secondary N) is 1. The second kappa shape index (κ2) is 10.1. The van der Waals surface area contributed by atoms with Gasteiger partial charge in [0.15, 0.2) is 0 Å². The molecule has 2 heterocycles. The Balaban J connectivity index is 1.62. The minimum atomic E-state index is -0.576. The van der Waals surface area contributed by atoms with Gasteiger partial charge in [0.25, 0.3) is 0 Å². The summed E-state index contributed by atoms with van der Waals surface area (Å²) in [6.45, 7) is 6.06. The predicted octanol–water partition coefficient (Wildman–Crippen LogP) is 4.79. The van der Waals surface area contributed by atoms with E-state index < -0.39 is 11.5 Å². The zero-order valence-electron chi connectivity index (χ0n) is 17.8. The Kier molecular flexibility index (Phi) is 7.32. The first-order valence-corrected chi connectivity index (χ1v) is 10.9. The van der Waals surface area contributed by atoms with Gasteiger partial charge in [-0.15, -0.1) is 11.3 Å². The van der Waals surface area contributed by atoms with Crippen LogP contribution < -0.4 is 5.32 Å². The van der Waals surface area contributed by atoms with Crippen LogP contribution >= 0.6 is 11.3 Å². The number of carbonyl (C=O) groups excluding carboxylic acids is 1. The van der Waals surface area contributed by atoms with Crippen molar-refractivity contribution in [3.05, 3.63) is 58.7 Å². The van der Waals surface area contributed by atoms with Crippen LogP contribution in [0.1, 0.15) is 50.2 Å². The van der Waals surface area contributed by atoms with Crippen molar-refractivity contribution in [1.29, 1.82) is 5.26 Å². The molecule has 1 unspecified atom stereocenters. The number of nitrogens with zero attached hydrogens (tertiary/aromatic N) is 4. The van der Waals surface area contributed by atoms with Crippen LogP contribution in [-0.4, -0.2) is 33.1 Å². The predicted molar refractivity (Wildman–Crippen MR) is 121 cm³/mol. The van der Waals surface area contributed by atoms with Crippen LogP contribution in [0.4, 0.5) is 5.95 Å². The van der Waals surface area contributed by atoms with Crippen molar-refractivity contribution < 1.29 is 9.53 Å². The third kappa shape index (κ3) is 6.59. The average molecular weight is 436 g/mol. The number of anilines is 1. The lowest BCUT2D eigenvalue weighted by Crippen LogP contribution is -2.24. The fourth-order valence-corrected chi connectivity index (χ4v) is 3.74. The normalized spacial score (nSPS) is 12.1. The number of aromatic nitrogens is 3. The van der Waals surface area contributed by atoms with E-state index in [2.05, 4.69) is 26.3 Å². The van der Waals surface area contributed by atoms with E-state index in [1.165, 1.54) is 11.3 Å². The highest BCUT2D eigenvalue weighted by Gasteiger charge is 2.20.